The second-order valence-electron chi connectivity index (χ2n) is 8.85. The number of aromatic nitrogens is 2. The molecule has 9 nitrogen and oxygen atoms in total. The predicted octanol–water partition coefficient (Wildman–Crippen LogP) is 3.75. The summed E-state index contributed by atoms with van der Waals surface area (Å²) in [5.74, 6) is 1.52. The monoisotopic (exact) mass is 498 g/mol. The number of rotatable bonds is 5. The van der Waals surface area contributed by atoms with Gasteiger partial charge in [-0.1, -0.05) is 18.7 Å². The van der Waals surface area contributed by atoms with Crippen LogP contribution in [0.3, 0.4) is 0 Å². The molecule has 1 amide bonds. The summed E-state index contributed by atoms with van der Waals surface area (Å²) in [6.45, 7) is 4.86. The van der Waals surface area contributed by atoms with Gasteiger partial charge in [0.05, 0.1) is 16.1 Å². The molecule has 0 bridgehead atoms. The Hall–Kier alpha value is -2.92. The first kappa shape index (κ1) is 22.9. The van der Waals surface area contributed by atoms with Crippen molar-refractivity contribution >= 4 is 56.4 Å². The van der Waals surface area contributed by atoms with Gasteiger partial charge >= 0.3 is 0 Å². The Labute approximate surface area is 205 Å². The van der Waals surface area contributed by atoms with E-state index in [-0.39, 0.29) is 17.3 Å². The molecule has 11 heteroatoms. The van der Waals surface area contributed by atoms with Gasteiger partial charge in [-0.05, 0) is 42.9 Å². The van der Waals surface area contributed by atoms with Crippen molar-refractivity contribution < 1.29 is 9.72 Å². The average Bonchev–Trinajstić information content (AvgIpc) is 3.20. The number of nitro benzene ring substituents is 1. The molecule has 0 spiro atoms. The first-order valence-corrected chi connectivity index (χ1v) is 13.2. The number of non-ortho nitro benzene ring substituents is 1. The molecule has 1 atom stereocenters. The molecule has 1 unspecified atom stereocenters. The third kappa shape index (κ3) is 4.54. The molecule has 2 N–H and O–H groups in total. The van der Waals surface area contributed by atoms with Crippen LogP contribution >= 0.6 is 23.1 Å². The molecule has 1 aromatic carbocycles. The Morgan fingerprint density at radius 2 is 1.97 bits per heavy atom. The number of nitrogens with zero attached hydrogens (tertiary/aromatic N) is 5. The minimum absolute atomic E-state index is 0.0508. The highest BCUT2D eigenvalue weighted by Gasteiger charge is 2.25. The van der Waals surface area contributed by atoms with Gasteiger partial charge in [0.2, 0.25) is 5.91 Å². The zero-order valence-corrected chi connectivity index (χ0v) is 20.5. The van der Waals surface area contributed by atoms with Gasteiger partial charge in [0.1, 0.15) is 10.6 Å². The van der Waals surface area contributed by atoms with Crippen LogP contribution in [-0.2, 0) is 17.6 Å². The molecular weight excluding hydrogens is 472 g/mol. The fourth-order valence-electron chi connectivity index (χ4n) is 4.63. The Bertz CT molecular complexity index is 1240. The van der Waals surface area contributed by atoms with E-state index in [1.807, 2.05) is 4.90 Å². The van der Waals surface area contributed by atoms with E-state index in [9.17, 15) is 14.9 Å². The van der Waals surface area contributed by atoms with E-state index in [0.29, 0.717) is 43.1 Å². The molecule has 178 valence electrons. The lowest BCUT2D eigenvalue weighted by Gasteiger charge is -2.36. The van der Waals surface area contributed by atoms with Crippen molar-refractivity contribution in [3.05, 3.63) is 44.8 Å². The molecule has 3 heterocycles. The van der Waals surface area contributed by atoms with Crippen LogP contribution in [0, 0.1) is 16.0 Å². The van der Waals surface area contributed by atoms with Crippen LogP contribution in [0.15, 0.2) is 29.4 Å². The fourth-order valence-corrected chi connectivity index (χ4v) is 6.83. The van der Waals surface area contributed by atoms with Crippen LogP contribution in [0.25, 0.3) is 10.2 Å². The van der Waals surface area contributed by atoms with Gasteiger partial charge in [-0.15, -0.1) is 11.3 Å². The smallest absolute Gasteiger partial charge is 0.269 e. The highest BCUT2D eigenvalue weighted by molar-refractivity contribution is 7.99. The molecule has 1 aliphatic heterocycles. The largest absolute Gasteiger partial charge is 0.383 e. The van der Waals surface area contributed by atoms with Crippen molar-refractivity contribution in [3.63, 3.8) is 0 Å². The zero-order valence-electron chi connectivity index (χ0n) is 18.9. The molecule has 1 aliphatic carbocycles. The topological polar surface area (TPSA) is 118 Å². The normalized spacial score (nSPS) is 18.2. The summed E-state index contributed by atoms with van der Waals surface area (Å²) >= 11 is 3.05. The number of anilines is 2. The lowest BCUT2D eigenvalue weighted by atomic mass is 9.89. The number of nitrogens with two attached hydrogens (primary N) is 1. The molecule has 1 saturated heterocycles. The van der Waals surface area contributed by atoms with E-state index in [4.69, 9.17) is 10.7 Å². The molecule has 2 aromatic heterocycles. The van der Waals surface area contributed by atoms with Crippen LogP contribution in [-0.4, -0.2) is 57.6 Å². The first-order chi connectivity index (χ1) is 16.4. The maximum Gasteiger partial charge on any atom is 0.269 e. The number of amides is 1. The Balaban J connectivity index is 1.18. The Kier molecular flexibility index (Phi) is 6.30. The molecule has 1 fully saturated rings. The summed E-state index contributed by atoms with van der Waals surface area (Å²) in [5, 5.41) is 12.4. The third-order valence-electron chi connectivity index (χ3n) is 6.55. The second-order valence-corrected chi connectivity index (χ2v) is 10.9. The number of hydrogen-bond acceptors (Lipinski definition) is 9. The summed E-state index contributed by atoms with van der Waals surface area (Å²) in [6, 6.07) is 6.53. The van der Waals surface area contributed by atoms with Gasteiger partial charge in [-0.3, -0.25) is 14.9 Å². The predicted molar refractivity (Wildman–Crippen MR) is 136 cm³/mol. The minimum Gasteiger partial charge on any atom is -0.383 e. The van der Waals surface area contributed by atoms with Gasteiger partial charge in [-0.25, -0.2) is 9.97 Å². The number of hydrogen-bond donors (Lipinski definition) is 1. The number of thiophene rings is 1. The van der Waals surface area contributed by atoms with Crippen LogP contribution < -0.4 is 10.6 Å². The standard InChI is InChI=1S/C23H26N6O3S2/c1-14-2-7-17-18(12-14)34-22-20(17)21(24)25-23(26-22)33-13-19(30)28-10-8-27(9-11-28)15-3-5-16(6-4-15)29(31)32/h3-6,14H,2,7-13H2,1H3,(H2,24,25,26). The lowest BCUT2D eigenvalue weighted by Crippen LogP contribution is -2.49. The van der Waals surface area contributed by atoms with Crippen molar-refractivity contribution in [2.45, 2.75) is 31.3 Å². The van der Waals surface area contributed by atoms with Crippen molar-refractivity contribution in [1.82, 2.24) is 14.9 Å². The number of aryl methyl sites for hydroxylation is 1. The number of carbonyl (C=O) groups excluding carboxylic acids is 1. The van der Waals surface area contributed by atoms with E-state index in [2.05, 4.69) is 16.8 Å². The molecule has 5 rings (SSSR count). The molecule has 2 aliphatic rings. The summed E-state index contributed by atoms with van der Waals surface area (Å²) in [6.07, 6.45) is 3.27. The van der Waals surface area contributed by atoms with E-state index in [1.165, 1.54) is 40.8 Å². The summed E-state index contributed by atoms with van der Waals surface area (Å²) < 4.78 is 0. The third-order valence-corrected chi connectivity index (χ3v) is 8.53. The highest BCUT2D eigenvalue weighted by atomic mass is 32.2. The maximum absolute atomic E-state index is 12.8. The van der Waals surface area contributed by atoms with Crippen molar-refractivity contribution in [2.24, 2.45) is 5.92 Å². The van der Waals surface area contributed by atoms with E-state index >= 15 is 0 Å². The van der Waals surface area contributed by atoms with Crippen molar-refractivity contribution in [2.75, 3.05) is 42.6 Å². The molecular formula is C23H26N6O3S2. The van der Waals surface area contributed by atoms with Gasteiger partial charge in [-0.2, -0.15) is 0 Å². The van der Waals surface area contributed by atoms with Crippen LogP contribution in [0.5, 0.6) is 0 Å². The van der Waals surface area contributed by atoms with Gasteiger partial charge in [0, 0.05) is 48.9 Å². The lowest BCUT2D eigenvalue weighted by molar-refractivity contribution is -0.384. The Morgan fingerprint density at radius 1 is 1.24 bits per heavy atom. The van der Waals surface area contributed by atoms with E-state index in [0.717, 1.165) is 28.7 Å². The van der Waals surface area contributed by atoms with Crippen LogP contribution in [0.2, 0.25) is 0 Å². The molecule has 34 heavy (non-hydrogen) atoms. The number of thioether (sulfide) groups is 1. The maximum atomic E-state index is 12.8. The fraction of sp³-hybridized carbons (Fsp3) is 0.435. The zero-order chi connectivity index (χ0) is 23.8. The van der Waals surface area contributed by atoms with E-state index < -0.39 is 4.92 Å². The number of nitrogen functional groups attached to an aromatic ring is 1. The highest BCUT2D eigenvalue weighted by Crippen LogP contribution is 2.40. The Morgan fingerprint density at radius 3 is 2.68 bits per heavy atom. The number of nitro groups is 1. The number of carbonyl (C=O) groups is 1. The summed E-state index contributed by atoms with van der Waals surface area (Å²) in [4.78, 5) is 38.7. The van der Waals surface area contributed by atoms with Crippen LogP contribution in [0.1, 0.15) is 23.8 Å². The second kappa shape index (κ2) is 9.38. The number of fused-ring (bicyclic) bond motifs is 3. The van der Waals surface area contributed by atoms with Gasteiger partial charge in [0.25, 0.3) is 5.69 Å². The summed E-state index contributed by atoms with van der Waals surface area (Å²) in [7, 11) is 0. The van der Waals surface area contributed by atoms with E-state index in [1.54, 1.807) is 23.5 Å². The number of piperazine rings is 1. The number of benzene rings is 1. The molecule has 3 aromatic rings. The minimum atomic E-state index is -0.403. The van der Waals surface area contributed by atoms with Gasteiger partial charge in [0.15, 0.2) is 5.16 Å². The van der Waals surface area contributed by atoms with Crippen molar-refractivity contribution in [3.8, 4) is 0 Å². The molecule has 0 saturated carbocycles. The van der Waals surface area contributed by atoms with Crippen LogP contribution in [0.4, 0.5) is 17.2 Å². The SMILES string of the molecule is CC1CCc2c(sc3nc(SCC(=O)N4CCN(c5ccc([N+](=O)[O-])cc5)CC4)nc(N)c23)C1. The van der Waals surface area contributed by atoms with Crippen molar-refractivity contribution in [1.29, 1.82) is 0 Å². The first-order valence-electron chi connectivity index (χ1n) is 11.4. The molecule has 0 radical (unpaired) electrons. The summed E-state index contributed by atoms with van der Waals surface area (Å²) in [5.41, 5.74) is 8.63. The average molecular weight is 499 g/mol. The van der Waals surface area contributed by atoms with Gasteiger partial charge < -0.3 is 15.5 Å². The quantitative estimate of drug-likeness (QED) is 0.245.